The zero-order chi connectivity index (χ0) is 13.9. The maximum atomic E-state index is 9.75. The Hall–Kier alpha value is -0.632. The van der Waals surface area contributed by atoms with Crippen molar-refractivity contribution in [2.45, 2.75) is 12.8 Å². The number of hydrogen-bond donors (Lipinski definition) is 0. The Balaban J connectivity index is 0.000000150. The van der Waals surface area contributed by atoms with Crippen LogP contribution in [0.2, 0.25) is 0 Å². The molecule has 0 saturated carbocycles. The van der Waals surface area contributed by atoms with E-state index in [0.29, 0.717) is 0 Å². The zero-order valence-electron chi connectivity index (χ0n) is 10.8. The van der Waals surface area contributed by atoms with Gasteiger partial charge in [0.15, 0.2) is 0 Å². The van der Waals surface area contributed by atoms with E-state index in [1.54, 1.807) is 0 Å². The molecule has 4 aliphatic carbocycles. The van der Waals surface area contributed by atoms with Crippen LogP contribution in [-0.2, 0) is 19.5 Å². The summed E-state index contributed by atoms with van der Waals surface area (Å²) in [4.78, 5) is 0. The van der Waals surface area contributed by atoms with Crippen LogP contribution in [0.1, 0.15) is 12.8 Å². The predicted octanol–water partition coefficient (Wildman–Crippen LogP) is 4.79. The van der Waals surface area contributed by atoms with Gasteiger partial charge < -0.3 is 17.3 Å². The van der Waals surface area contributed by atoms with E-state index in [0.717, 1.165) is 23.7 Å². The molecule has 0 atom stereocenters. The van der Waals surface area contributed by atoms with Crippen LogP contribution in [0.4, 0.5) is 17.3 Å². The molecule has 0 radical (unpaired) electrons. The minimum Gasteiger partial charge on any atom is -0.418 e. The van der Waals surface area contributed by atoms with Crippen LogP contribution >= 0.6 is 0 Å². The van der Waals surface area contributed by atoms with Crippen LogP contribution in [0.3, 0.4) is 0 Å². The number of fused-ring (bicyclic) bond motifs is 4. The molecule has 112 valence electrons. The first-order valence-electron chi connectivity index (χ1n) is 6.51. The van der Waals surface area contributed by atoms with Gasteiger partial charge in [-0.1, -0.05) is 48.6 Å². The normalized spacial score (nSPS) is 33.4. The van der Waals surface area contributed by atoms with Gasteiger partial charge in [-0.2, -0.15) is 0 Å². The van der Waals surface area contributed by atoms with Gasteiger partial charge in [-0.25, -0.2) is 0 Å². The largest absolute Gasteiger partial charge is 1.00 e. The van der Waals surface area contributed by atoms with Crippen molar-refractivity contribution in [2.75, 3.05) is 0 Å². The smallest absolute Gasteiger partial charge is 0.418 e. The molecule has 4 bridgehead atoms. The SMILES string of the molecule is C1=CC2C=CC1C2.C1=CC2C=CC1C2.F[B-](F)(F)F.[Rh+]. The Morgan fingerprint density at radius 2 is 0.700 bits per heavy atom. The monoisotopic (exact) mass is 374 g/mol. The molecule has 0 amide bonds. The molecule has 6 heteroatoms. The number of rotatable bonds is 0. The summed E-state index contributed by atoms with van der Waals surface area (Å²) >= 11 is 0. The summed E-state index contributed by atoms with van der Waals surface area (Å²) in [5, 5.41) is 0. The van der Waals surface area contributed by atoms with Crippen molar-refractivity contribution in [3.8, 4) is 0 Å². The molecule has 0 unspecified atom stereocenters. The minimum atomic E-state index is -6.00. The molecule has 0 fully saturated rings. The van der Waals surface area contributed by atoms with E-state index >= 15 is 0 Å². The van der Waals surface area contributed by atoms with Crippen molar-refractivity contribution in [2.24, 2.45) is 23.7 Å². The molecule has 4 rings (SSSR count). The fourth-order valence-electron chi connectivity index (χ4n) is 2.66. The Morgan fingerprint density at radius 3 is 0.750 bits per heavy atom. The quantitative estimate of drug-likeness (QED) is 0.325. The molecule has 0 aromatic heterocycles. The molecule has 0 spiro atoms. The van der Waals surface area contributed by atoms with Crippen LogP contribution in [0.5, 0.6) is 0 Å². The Bertz CT molecular complexity index is 329. The molecule has 0 aromatic carbocycles. The van der Waals surface area contributed by atoms with E-state index in [9.17, 15) is 17.3 Å². The molecular weight excluding hydrogens is 358 g/mol. The third-order valence-corrected chi connectivity index (χ3v) is 3.51. The van der Waals surface area contributed by atoms with E-state index in [4.69, 9.17) is 0 Å². The number of allylic oxidation sites excluding steroid dienone is 8. The summed E-state index contributed by atoms with van der Waals surface area (Å²) < 4.78 is 39.0. The number of hydrogen-bond acceptors (Lipinski definition) is 0. The molecule has 0 saturated heterocycles. The summed E-state index contributed by atoms with van der Waals surface area (Å²) in [6.45, 7) is 0. The zero-order valence-corrected chi connectivity index (χ0v) is 12.4. The predicted molar refractivity (Wildman–Crippen MR) is 69.9 cm³/mol. The second kappa shape index (κ2) is 7.40. The van der Waals surface area contributed by atoms with E-state index in [-0.39, 0.29) is 19.5 Å². The van der Waals surface area contributed by atoms with E-state index in [1.165, 1.54) is 12.8 Å². The first-order chi connectivity index (χ1) is 8.90. The molecule has 20 heavy (non-hydrogen) atoms. The average Bonchev–Trinajstić information content (AvgIpc) is 3.10. The van der Waals surface area contributed by atoms with Crippen molar-refractivity contribution in [1.82, 2.24) is 0 Å². The van der Waals surface area contributed by atoms with Gasteiger partial charge in [0, 0.05) is 0 Å². The molecule has 0 aliphatic heterocycles. The second-order valence-corrected chi connectivity index (χ2v) is 5.16. The van der Waals surface area contributed by atoms with Crippen LogP contribution < -0.4 is 0 Å². The third-order valence-electron chi connectivity index (χ3n) is 3.51. The Morgan fingerprint density at radius 1 is 0.550 bits per heavy atom. The molecule has 0 nitrogen and oxygen atoms in total. The maximum absolute atomic E-state index is 9.75. The fourth-order valence-corrected chi connectivity index (χ4v) is 2.66. The van der Waals surface area contributed by atoms with E-state index in [1.807, 2.05) is 0 Å². The average molecular weight is 374 g/mol. The molecule has 0 heterocycles. The third kappa shape index (κ3) is 6.21. The molecule has 0 aromatic rings. The van der Waals surface area contributed by atoms with Crippen molar-refractivity contribution < 1.29 is 36.7 Å². The standard InChI is InChI=1S/2C7H8.BF4.Rh/c2*1-2-7-4-3-6(1)5-7;2-1(3,4)5;/h2*1-4,6-7H,5H2;;/q;;-1;+1. The van der Waals surface area contributed by atoms with Gasteiger partial charge in [-0.15, -0.1) is 0 Å². The second-order valence-electron chi connectivity index (χ2n) is 5.16. The van der Waals surface area contributed by atoms with E-state index in [2.05, 4.69) is 48.6 Å². The van der Waals surface area contributed by atoms with Crippen LogP contribution in [0.15, 0.2) is 48.6 Å². The first kappa shape index (κ1) is 17.4. The molecule has 4 aliphatic rings. The van der Waals surface area contributed by atoms with Gasteiger partial charge in [0.2, 0.25) is 0 Å². The van der Waals surface area contributed by atoms with Crippen LogP contribution in [-0.4, -0.2) is 7.25 Å². The molecule has 0 N–H and O–H groups in total. The summed E-state index contributed by atoms with van der Waals surface area (Å²) in [5.74, 6) is 3.24. The summed E-state index contributed by atoms with van der Waals surface area (Å²) in [6, 6.07) is 0. The van der Waals surface area contributed by atoms with Gasteiger partial charge >= 0.3 is 26.7 Å². The Kier molecular flexibility index (Phi) is 6.44. The van der Waals surface area contributed by atoms with E-state index < -0.39 is 7.25 Å². The maximum Gasteiger partial charge on any atom is 1.00 e. The first-order valence-corrected chi connectivity index (χ1v) is 6.51. The van der Waals surface area contributed by atoms with Gasteiger partial charge in [-0.3, -0.25) is 0 Å². The minimum absolute atomic E-state index is 0. The van der Waals surface area contributed by atoms with Crippen molar-refractivity contribution >= 4 is 7.25 Å². The van der Waals surface area contributed by atoms with Gasteiger partial charge in [-0.05, 0) is 36.5 Å². The fraction of sp³-hybridized carbons (Fsp3) is 0.429. The van der Waals surface area contributed by atoms with Crippen LogP contribution in [0.25, 0.3) is 0 Å². The Labute approximate surface area is 129 Å². The van der Waals surface area contributed by atoms with Gasteiger partial charge in [0.25, 0.3) is 0 Å². The van der Waals surface area contributed by atoms with Crippen molar-refractivity contribution in [3.63, 3.8) is 0 Å². The van der Waals surface area contributed by atoms with Crippen molar-refractivity contribution in [1.29, 1.82) is 0 Å². The number of halogens is 4. The summed E-state index contributed by atoms with van der Waals surface area (Å²) in [7, 11) is -6.00. The van der Waals surface area contributed by atoms with Gasteiger partial charge in [0.05, 0.1) is 0 Å². The topological polar surface area (TPSA) is 0 Å². The van der Waals surface area contributed by atoms with Gasteiger partial charge in [0.1, 0.15) is 0 Å². The van der Waals surface area contributed by atoms with Crippen molar-refractivity contribution in [3.05, 3.63) is 48.6 Å². The molecular formula is C14H16BF4Rh. The van der Waals surface area contributed by atoms with Crippen LogP contribution in [0, 0.1) is 23.7 Å². The summed E-state index contributed by atoms with van der Waals surface area (Å²) in [5.41, 5.74) is 0. The summed E-state index contributed by atoms with van der Waals surface area (Å²) in [6.07, 6.45) is 21.1.